The Hall–Kier alpha value is -2.73. The maximum absolute atomic E-state index is 11.7. The first kappa shape index (κ1) is 21.6. The Bertz CT molecular complexity index is 824. The smallest absolute Gasteiger partial charge is 0.259 e. The average Bonchev–Trinajstić information content (AvgIpc) is 2.68. The van der Waals surface area contributed by atoms with Gasteiger partial charge in [-0.3, -0.25) is 9.79 Å². The first-order chi connectivity index (χ1) is 13.4. The van der Waals surface area contributed by atoms with Crippen LogP contribution in [0.3, 0.4) is 0 Å². The lowest BCUT2D eigenvalue weighted by Crippen LogP contribution is -2.38. The number of guanidine groups is 1. The summed E-state index contributed by atoms with van der Waals surface area (Å²) in [4.78, 5) is 19.5. The van der Waals surface area contributed by atoms with E-state index in [9.17, 15) is 4.79 Å². The van der Waals surface area contributed by atoms with Crippen LogP contribution in [0.15, 0.2) is 53.5 Å². The van der Waals surface area contributed by atoms with Crippen LogP contribution in [-0.4, -0.2) is 56.5 Å². The Labute approximate surface area is 171 Å². The fraction of sp³-hybridized carbons (Fsp3) is 0.333. The Kier molecular flexibility index (Phi) is 8.14. The molecule has 28 heavy (non-hydrogen) atoms. The molecular weight excluding hydrogens is 376 g/mol. The third kappa shape index (κ3) is 6.46. The maximum atomic E-state index is 11.7. The van der Waals surface area contributed by atoms with Crippen molar-refractivity contribution in [1.82, 2.24) is 15.1 Å². The Balaban J connectivity index is 1.93. The predicted molar refractivity (Wildman–Crippen MR) is 114 cm³/mol. The Morgan fingerprint density at radius 1 is 1.14 bits per heavy atom. The molecule has 0 fully saturated rings. The van der Waals surface area contributed by atoms with Gasteiger partial charge >= 0.3 is 0 Å². The number of rotatable bonds is 7. The van der Waals surface area contributed by atoms with Crippen LogP contribution in [0.2, 0.25) is 5.02 Å². The molecule has 7 heteroatoms. The average molecular weight is 403 g/mol. The molecule has 0 aromatic heterocycles. The van der Waals surface area contributed by atoms with Gasteiger partial charge in [0.25, 0.3) is 5.91 Å². The Morgan fingerprint density at radius 3 is 2.57 bits per heavy atom. The third-order valence-corrected chi connectivity index (χ3v) is 4.52. The molecule has 0 bridgehead atoms. The highest BCUT2D eigenvalue weighted by atomic mass is 35.5. The standard InChI is InChI=1S/C21H27ClN4O2/c1-23-21(26(4)14-17-9-5-6-11-19(17)22)24-13-16-8-7-10-18(12-16)28-15-20(27)25(2)3/h5-12H,13-15H2,1-4H3,(H,23,24). The minimum absolute atomic E-state index is 0.0200. The number of nitrogens with zero attached hydrogens (tertiary/aromatic N) is 3. The molecule has 0 aliphatic rings. The number of carbonyl (C=O) groups excluding carboxylic acids is 1. The molecule has 0 atom stereocenters. The van der Waals surface area contributed by atoms with Crippen LogP contribution in [0.25, 0.3) is 0 Å². The minimum atomic E-state index is -0.0786. The van der Waals surface area contributed by atoms with E-state index in [0.29, 0.717) is 18.8 Å². The molecule has 0 aliphatic carbocycles. The number of likely N-dealkylation sites (N-methyl/N-ethyl adjacent to an activating group) is 1. The zero-order chi connectivity index (χ0) is 20.5. The second-order valence-electron chi connectivity index (χ2n) is 6.57. The quantitative estimate of drug-likeness (QED) is 0.571. The molecule has 0 unspecified atom stereocenters. The van der Waals surface area contributed by atoms with Gasteiger partial charge in [-0.05, 0) is 29.3 Å². The van der Waals surface area contributed by atoms with Crippen molar-refractivity contribution in [2.24, 2.45) is 4.99 Å². The van der Waals surface area contributed by atoms with Crippen molar-refractivity contribution in [1.29, 1.82) is 0 Å². The topological polar surface area (TPSA) is 57.2 Å². The van der Waals surface area contributed by atoms with Gasteiger partial charge in [-0.2, -0.15) is 0 Å². The fourth-order valence-electron chi connectivity index (χ4n) is 2.54. The highest BCUT2D eigenvalue weighted by Crippen LogP contribution is 2.17. The Morgan fingerprint density at radius 2 is 1.89 bits per heavy atom. The summed E-state index contributed by atoms with van der Waals surface area (Å²) >= 11 is 6.25. The molecule has 6 nitrogen and oxygen atoms in total. The van der Waals surface area contributed by atoms with Gasteiger partial charge in [0, 0.05) is 46.3 Å². The van der Waals surface area contributed by atoms with Crippen LogP contribution < -0.4 is 10.1 Å². The van der Waals surface area contributed by atoms with Crippen molar-refractivity contribution in [3.8, 4) is 5.75 Å². The summed E-state index contributed by atoms with van der Waals surface area (Å²) in [7, 11) is 7.12. The normalized spacial score (nSPS) is 11.1. The lowest BCUT2D eigenvalue weighted by molar-refractivity contribution is -0.130. The van der Waals surface area contributed by atoms with E-state index in [1.165, 1.54) is 4.90 Å². The number of halogens is 1. The van der Waals surface area contributed by atoms with Crippen molar-refractivity contribution in [3.63, 3.8) is 0 Å². The lowest BCUT2D eigenvalue weighted by Gasteiger charge is -2.22. The molecule has 1 N–H and O–H groups in total. The van der Waals surface area contributed by atoms with E-state index in [1.807, 2.05) is 60.5 Å². The highest BCUT2D eigenvalue weighted by Gasteiger charge is 2.09. The number of nitrogens with one attached hydrogen (secondary N) is 1. The van der Waals surface area contributed by atoms with Crippen LogP contribution in [0, 0.1) is 0 Å². The molecule has 0 heterocycles. The van der Waals surface area contributed by atoms with Crippen molar-refractivity contribution in [2.75, 3.05) is 34.8 Å². The number of benzene rings is 2. The zero-order valence-electron chi connectivity index (χ0n) is 16.8. The molecule has 2 aromatic carbocycles. The van der Waals surface area contributed by atoms with Gasteiger partial charge in [0.05, 0.1) is 0 Å². The lowest BCUT2D eigenvalue weighted by atomic mass is 10.2. The summed E-state index contributed by atoms with van der Waals surface area (Å²) in [6, 6.07) is 15.4. The molecule has 1 amide bonds. The fourth-order valence-corrected chi connectivity index (χ4v) is 2.74. The number of amides is 1. The number of ether oxygens (including phenoxy) is 1. The first-order valence-corrected chi connectivity index (χ1v) is 9.35. The van der Waals surface area contributed by atoms with Gasteiger partial charge in [-0.15, -0.1) is 0 Å². The first-order valence-electron chi connectivity index (χ1n) is 8.97. The highest BCUT2D eigenvalue weighted by molar-refractivity contribution is 6.31. The monoisotopic (exact) mass is 402 g/mol. The van der Waals surface area contributed by atoms with E-state index in [4.69, 9.17) is 16.3 Å². The van der Waals surface area contributed by atoms with Gasteiger partial charge in [-0.25, -0.2) is 0 Å². The summed E-state index contributed by atoms with van der Waals surface area (Å²) in [5, 5.41) is 4.08. The van der Waals surface area contributed by atoms with Crippen LogP contribution in [0.5, 0.6) is 5.75 Å². The summed E-state index contributed by atoms with van der Waals surface area (Å²) in [5.74, 6) is 1.34. The van der Waals surface area contributed by atoms with Crippen LogP contribution in [-0.2, 0) is 17.9 Å². The van der Waals surface area contributed by atoms with E-state index >= 15 is 0 Å². The van der Waals surface area contributed by atoms with Crippen molar-refractivity contribution < 1.29 is 9.53 Å². The SMILES string of the molecule is CN=C(NCc1cccc(OCC(=O)N(C)C)c1)N(C)Cc1ccccc1Cl. The van der Waals surface area contributed by atoms with Crippen LogP contribution in [0.4, 0.5) is 0 Å². The second-order valence-corrected chi connectivity index (χ2v) is 6.98. The molecule has 0 aliphatic heterocycles. The largest absolute Gasteiger partial charge is 0.484 e. The molecule has 0 saturated carbocycles. The molecule has 0 saturated heterocycles. The zero-order valence-corrected chi connectivity index (χ0v) is 17.5. The second kappa shape index (κ2) is 10.6. The minimum Gasteiger partial charge on any atom is -0.484 e. The van der Waals surface area contributed by atoms with Crippen LogP contribution >= 0.6 is 11.6 Å². The molecule has 2 aromatic rings. The number of hydrogen-bond acceptors (Lipinski definition) is 3. The number of hydrogen-bond donors (Lipinski definition) is 1. The predicted octanol–water partition coefficient (Wildman–Crippen LogP) is 3.01. The van der Waals surface area contributed by atoms with E-state index < -0.39 is 0 Å². The van der Waals surface area contributed by atoms with E-state index in [2.05, 4.69) is 10.3 Å². The third-order valence-electron chi connectivity index (χ3n) is 4.15. The summed E-state index contributed by atoms with van der Waals surface area (Å²) < 4.78 is 5.57. The van der Waals surface area contributed by atoms with Gasteiger partial charge in [-0.1, -0.05) is 41.9 Å². The molecular formula is C21H27ClN4O2. The van der Waals surface area contributed by atoms with E-state index in [0.717, 1.165) is 22.1 Å². The molecule has 150 valence electrons. The van der Waals surface area contributed by atoms with Gasteiger partial charge in [0.15, 0.2) is 12.6 Å². The summed E-state index contributed by atoms with van der Waals surface area (Å²) in [6.07, 6.45) is 0. The van der Waals surface area contributed by atoms with Crippen molar-refractivity contribution >= 4 is 23.5 Å². The van der Waals surface area contributed by atoms with Crippen molar-refractivity contribution in [2.45, 2.75) is 13.1 Å². The van der Waals surface area contributed by atoms with Crippen molar-refractivity contribution in [3.05, 3.63) is 64.7 Å². The van der Waals surface area contributed by atoms with Gasteiger partial charge in [0.1, 0.15) is 5.75 Å². The van der Waals surface area contributed by atoms with Gasteiger partial charge in [0.2, 0.25) is 0 Å². The number of aliphatic imine (C=N–C) groups is 1. The van der Waals surface area contributed by atoms with Gasteiger partial charge < -0.3 is 19.9 Å². The summed E-state index contributed by atoms with van der Waals surface area (Å²) in [6.45, 7) is 1.25. The van der Waals surface area contributed by atoms with E-state index in [-0.39, 0.29) is 12.5 Å². The molecule has 2 rings (SSSR count). The van der Waals surface area contributed by atoms with E-state index in [1.54, 1.807) is 21.1 Å². The maximum Gasteiger partial charge on any atom is 0.259 e. The van der Waals surface area contributed by atoms with Crippen LogP contribution in [0.1, 0.15) is 11.1 Å². The molecule has 0 spiro atoms. The molecule has 0 radical (unpaired) electrons. The number of carbonyl (C=O) groups is 1. The summed E-state index contributed by atoms with van der Waals surface area (Å²) in [5.41, 5.74) is 2.07.